The van der Waals surface area contributed by atoms with Crippen molar-refractivity contribution < 1.29 is 33.3 Å². The second-order valence-electron chi connectivity index (χ2n) is 10.9. The van der Waals surface area contributed by atoms with Crippen LogP contribution in [0.3, 0.4) is 0 Å². The van der Waals surface area contributed by atoms with Gasteiger partial charge in [0, 0.05) is 24.6 Å². The second-order valence-corrected chi connectivity index (χ2v) is 10.9. The number of carbonyl (C=O) groups is 3. The van der Waals surface area contributed by atoms with E-state index in [9.17, 15) is 14.4 Å². The third-order valence-electron chi connectivity index (χ3n) is 7.17. The number of amides is 2. The van der Waals surface area contributed by atoms with E-state index in [4.69, 9.17) is 18.9 Å². The number of nitrogens with one attached hydrogen (secondary N) is 4. The Balaban J connectivity index is 1.35. The molecule has 45 heavy (non-hydrogen) atoms. The molecule has 0 radical (unpaired) electrons. The molecule has 1 saturated carbocycles. The van der Waals surface area contributed by atoms with Gasteiger partial charge in [0.05, 0.1) is 38.2 Å². The number of aryl methyl sites for hydroxylation is 1. The van der Waals surface area contributed by atoms with Crippen molar-refractivity contribution in [1.82, 2.24) is 10.6 Å². The Morgan fingerprint density at radius 1 is 0.889 bits per heavy atom. The lowest BCUT2D eigenvalue weighted by Gasteiger charge is -2.25. The molecule has 1 aliphatic rings. The molecule has 2 unspecified atom stereocenters. The molecule has 4 rings (SSSR count). The number of esters is 1. The molecule has 3 aromatic rings. The molecule has 0 aliphatic heterocycles. The van der Waals surface area contributed by atoms with Crippen LogP contribution in [-0.4, -0.2) is 57.0 Å². The summed E-state index contributed by atoms with van der Waals surface area (Å²) in [5, 5.41) is 12.5. The van der Waals surface area contributed by atoms with Gasteiger partial charge in [-0.2, -0.15) is 0 Å². The van der Waals surface area contributed by atoms with Crippen LogP contribution in [0.4, 0.5) is 16.2 Å². The number of para-hydroxylation sites is 1. The monoisotopic (exact) mass is 618 g/mol. The maximum Gasteiger partial charge on any atom is 0.338 e. The van der Waals surface area contributed by atoms with Crippen molar-refractivity contribution in [1.29, 1.82) is 0 Å². The van der Waals surface area contributed by atoms with Crippen molar-refractivity contribution in [2.75, 3.05) is 31.5 Å². The van der Waals surface area contributed by atoms with E-state index in [1.165, 1.54) is 14.2 Å². The highest BCUT2D eigenvalue weighted by Gasteiger charge is 2.27. The zero-order valence-electron chi connectivity index (χ0n) is 26.4. The fourth-order valence-corrected chi connectivity index (χ4v) is 4.78. The maximum absolute atomic E-state index is 13.2. The lowest BCUT2D eigenvalue weighted by molar-refractivity contribution is -0.119. The fraction of sp³-hybridized carbons (Fsp3) is 0.382. The van der Waals surface area contributed by atoms with Crippen LogP contribution in [0.5, 0.6) is 17.2 Å². The molecule has 0 saturated heterocycles. The molecular formula is C34H42N4O7. The van der Waals surface area contributed by atoms with E-state index in [0.29, 0.717) is 40.2 Å². The molecule has 11 heteroatoms. The quantitative estimate of drug-likeness (QED) is 0.122. The number of hydrogen-bond acceptors (Lipinski definition) is 9. The standard InChI is InChI=1S/C34H42N4O7/c1-6-44-33(40)24-12-16-29(31(19-24)43-5)45-22(3)35-32(36-25-13-14-25)20-26(39)17-23-11-15-28(30(18-23)42-4)38-34(41)37-27-10-8-7-9-21(27)2/h7-12,15-16,18-19,22,25,32,35-36H,6,13-14,17,20H2,1-5H3,(H2,37,38,41). The minimum Gasteiger partial charge on any atom is -0.495 e. The van der Waals surface area contributed by atoms with E-state index in [1.807, 2.05) is 38.1 Å². The number of hydrogen-bond donors (Lipinski definition) is 4. The average Bonchev–Trinajstić information content (AvgIpc) is 3.83. The first-order chi connectivity index (χ1) is 21.7. The van der Waals surface area contributed by atoms with Gasteiger partial charge in [-0.15, -0.1) is 0 Å². The number of anilines is 2. The number of Topliss-reactive ketones (excluding diaryl/α,β-unsaturated/α-hetero) is 1. The molecule has 1 fully saturated rings. The molecule has 2 atom stereocenters. The zero-order chi connectivity index (χ0) is 32.3. The van der Waals surface area contributed by atoms with Crippen LogP contribution >= 0.6 is 0 Å². The molecule has 0 bridgehead atoms. The molecule has 4 N–H and O–H groups in total. The van der Waals surface area contributed by atoms with Crippen molar-refractivity contribution >= 4 is 29.2 Å². The highest BCUT2D eigenvalue weighted by molar-refractivity contribution is 6.01. The Hall–Kier alpha value is -4.61. The molecule has 2 amide bonds. The summed E-state index contributed by atoms with van der Waals surface area (Å²) in [5.74, 6) is 0.889. The second kappa shape index (κ2) is 15.9. The highest BCUT2D eigenvalue weighted by Crippen LogP contribution is 2.30. The lowest BCUT2D eigenvalue weighted by Crippen LogP contribution is -2.50. The fourth-order valence-electron chi connectivity index (χ4n) is 4.78. The Morgan fingerprint density at radius 3 is 2.31 bits per heavy atom. The van der Waals surface area contributed by atoms with Crippen LogP contribution in [0.1, 0.15) is 54.6 Å². The number of benzene rings is 3. The minimum absolute atomic E-state index is 0.0179. The summed E-state index contributed by atoms with van der Waals surface area (Å²) in [5.41, 5.74) is 3.29. The van der Waals surface area contributed by atoms with Crippen molar-refractivity contribution in [3.63, 3.8) is 0 Å². The van der Waals surface area contributed by atoms with Gasteiger partial charge in [0.25, 0.3) is 0 Å². The number of methoxy groups -OCH3 is 2. The predicted octanol–water partition coefficient (Wildman–Crippen LogP) is 5.43. The molecule has 11 nitrogen and oxygen atoms in total. The van der Waals surface area contributed by atoms with Crippen LogP contribution in [0, 0.1) is 6.92 Å². The first-order valence-corrected chi connectivity index (χ1v) is 15.0. The predicted molar refractivity (Wildman–Crippen MR) is 172 cm³/mol. The van der Waals surface area contributed by atoms with E-state index in [0.717, 1.165) is 24.0 Å². The van der Waals surface area contributed by atoms with Gasteiger partial charge in [-0.05, 0) is 81.1 Å². The number of carbonyl (C=O) groups excluding carboxylic acids is 3. The van der Waals surface area contributed by atoms with E-state index in [1.54, 1.807) is 43.3 Å². The van der Waals surface area contributed by atoms with Crippen molar-refractivity contribution in [3.05, 3.63) is 77.4 Å². The van der Waals surface area contributed by atoms with Gasteiger partial charge < -0.3 is 29.6 Å². The van der Waals surface area contributed by atoms with Gasteiger partial charge in [0.15, 0.2) is 11.5 Å². The minimum atomic E-state index is -0.479. The number of ether oxygens (including phenoxy) is 4. The largest absolute Gasteiger partial charge is 0.495 e. The summed E-state index contributed by atoms with van der Waals surface area (Å²) in [6.45, 7) is 5.78. The van der Waals surface area contributed by atoms with Crippen LogP contribution < -0.4 is 35.5 Å². The van der Waals surface area contributed by atoms with Crippen LogP contribution in [-0.2, 0) is 16.0 Å². The SMILES string of the molecule is CCOC(=O)c1ccc(OC(C)NC(CC(=O)Cc2ccc(NC(=O)Nc3ccccc3C)c(OC)c2)NC2CC2)c(OC)c1. The highest BCUT2D eigenvalue weighted by atomic mass is 16.5. The Kier molecular flexibility index (Phi) is 11.8. The third-order valence-corrected chi connectivity index (χ3v) is 7.17. The summed E-state index contributed by atoms with van der Waals surface area (Å²) >= 11 is 0. The molecular weight excluding hydrogens is 576 g/mol. The Morgan fingerprint density at radius 2 is 1.62 bits per heavy atom. The van der Waals surface area contributed by atoms with Crippen LogP contribution in [0.2, 0.25) is 0 Å². The van der Waals surface area contributed by atoms with Gasteiger partial charge in [-0.3, -0.25) is 15.4 Å². The van der Waals surface area contributed by atoms with E-state index in [-0.39, 0.29) is 31.4 Å². The molecule has 240 valence electrons. The van der Waals surface area contributed by atoms with E-state index >= 15 is 0 Å². The average molecular weight is 619 g/mol. The Labute approximate surface area is 264 Å². The maximum atomic E-state index is 13.2. The molecule has 3 aromatic carbocycles. The van der Waals surface area contributed by atoms with E-state index in [2.05, 4.69) is 21.3 Å². The van der Waals surface area contributed by atoms with Gasteiger partial charge in [0.2, 0.25) is 0 Å². The van der Waals surface area contributed by atoms with Gasteiger partial charge >= 0.3 is 12.0 Å². The number of urea groups is 1. The first-order valence-electron chi connectivity index (χ1n) is 15.0. The van der Waals surface area contributed by atoms with E-state index < -0.39 is 18.2 Å². The normalized spacial score (nSPS) is 13.7. The van der Waals surface area contributed by atoms with Crippen LogP contribution in [0.25, 0.3) is 0 Å². The molecule has 0 heterocycles. The summed E-state index contributed by atoms with van der Waals surface area (Å²) in [6, 6.07) is 17.6. The van der Waals surface area contributed by atoms with Crippen molar-refractivity contribution in [2.24, 2.45) is 0 Å². The van der Waals surface area contributed by atoms with Gasteiger partial charge in [-0.1, -0.05) is 24.3 Å². The summed E-state index contributed by atoms with van der Waals surface area (Å²) in [4.78, 5) is 37.9. The Bertz CT molecular complexity index is 1490. The summed E-state index contributed by atoms with van der Waals surface area (Å²) in [6.07, 6.45) is 1.71. The molecule has 0 spiro atoms. The van der Waals surface area contributed by atoms with Crippen molar-refractivity contribution in [2.45, 2.75) is 64.9 Å². The third kappa shape index (κ3) is 9.95. The topological polar surface area (TPSA) is 136 Å². The lowest BCUT2D eigenvalue weighted by atomic mass is 10.0. The number of rotatable bonds is 16. The zero-order valence-corrected chi connectivity index (χ0v) is 26.4. The summed E-state index contributed by atoms with van der Waals surface area (Å²) in [7, 11) is 3.02. The summed E-state index contributed by atoms with van der Waals surface area (Å²) < 4.78 is 22.1. The molecule has 0 aromatic heterocycles. The van der Waals surface area contributed by atoms with Crippen molar-refractivity contribution in [3.8, 4) is 17.2 Å². The van der Waals surface area contributed by atoms with Crippen LogP contribution in [0.15, 0.2) is 60.7 Å². The smallest absolute Gasteiger partial charge is 0.338 e. The number of ketones is 1. The van der Waals surface area contributed by atoms with Gasteiger partial charge in [-0.25, -0.2) is 9.59 Å². The first kappa shape index (κ1) is 33.3. The molecule has 1 aliphatic carbocycles. The van der Waals surface area contributed by atoms with Gasteiger partial charge in [0.1, 0.15) is 17.8 Å².